The summed E-state index contributed by atoms with van der Waals surface area (Å²) in [6, 6.07) is 4.37. The van der Waals surface area contributed by atoms with Crippen LogP contribution in [0.3, 0.4) is 0 Å². The second kappa shape index (κ2) is 7.33. The number of hydrogen-bond donors (Lipinski definition) is 2. The van der Waals surface area contributed by atoms with Gasteiger partial charge in [0.05, 0.1) is 12.0 Å². The minimum Gasteiger partial charge on any atom is -0.368 e. The fourth-order valence-electron chi connectivity index (χ4n) is 3.67. The molecule has 2 saturated heterocycles. The first kappa shape index (κ1) is 20.0. The van der Waals surface area contributed by atoms with Crippen molar-refractivity contribution in [2.75, 3.05) is 13.6 Å². The average molecular weight is 388 g/mol. The van der Waals surface area contributed by atoms with Gasteiger partial charge in [-0.2, -0.15) is 5.06 Å². The summed E-state index contributed by atoms with van der Waals surface area (Å²) in [5, 5.41) is 3.85. The van der Waals surface area contributed by atoms with Crippen LogP contribution in [0.2, 0.25) is 0 Å². The zero-order chi connectivity index (χ0) is 20.7. The van der Waals surface area contributed by atoms with Crippen molar-refractivity contribution in [3.63, 3.8) is 0 Å². The lowest BCUT2D eigenvalue weighted by atomic mass is 9.87. The number of aryl methyl sites for hydroxylation is 2. The Labute approximate surface area is 162 Å². The van der Waals surface area contributed by atoms with E-state index in [2.05, 4.69) is 5.32 Å². The first-order valence-corrected chi connectivity index (χ1v) is 9.02. The van der Waals surface area contributed by atoms with Gasteiger partial charge in [0.15, 0.2) is 6.10 Å². The summed E-state index contributed by atoms with van der Waals surface area (Å²) < 4.78 is 0. The lowest BCUT2D eigenvalue weighted by molar-refractivity contribution is -0.182. The molecule has 0 radical (unpaired) electrons. The molecule has 9 nitrogen and oxygen atoms in total. The highest BCUT2D eigenvalue weighted by atomic mass is 16.7. The summed E-state index contributed by atoms with van der Waals surface area (Å²) in [6.45, 7) is 5.06. The lowest BCUT2D eigenvalue weighted by Gasteiger charge is -2.27. The number of primary amides is 1. The highest BCUT2D eigenvalue weighted by Crippen LogP contribution is 2.45. The maximum atomic E-state index is 12.7. The molecule has 0 aromatic heterocycles. The number of nitrogens with zero attached hydrogens (tertiary/aromatic N) is 2. The maximum Gasteiger partial charge on any atom is 0.261 e. The molecule has 150 valence electrons. The van der Waals surface area contributed by atoms with E-state index in [0.29, 0.717) is 0 Å². The van der Waals surface area contributed by atoms with E-state index < -0.39 is 41.8 Å². The second-order valence-electron chi connectivity index (χ2n) is 7.36. The van der Waals surface area contributed by atoms with Gasteiger partial charge in [0.25, 0.3) is 5.91 Å². The number of nitrogens with two attached hydrogens (primary N) is 1. The van der Waals surface area contributed by atoms with Crippen molar-refractivity contribution < 1.29 is 24.0 Å². The van der Waals surface area contributed by atoms with Crippen LogP contribution in [-0.2, 0) is 24.0 Å². The predicted molar refractivity (Wildman–Crippen MR) is 98.3 cm³/mol. The molecular formula is C19H24N4O5. The average Bonchev–Trinajstić information content (AvgIpc) is 3.08. The molecule has 9 heteroatoms. The molecule has 0 aliphatic carbocycles. The van der Waals surface area contributed by atoms with Crippen LogP contribution < -0.4 is 11.1 Å². The van der Waals surface area contributed by atoms with Crippen LogP contribution in [-0.4, -0.2) is 59.3 Å². The number of likely N-dealkylation sites (tertiary alicyclic amines) is 1. The topological polar surface area (TPSA) is 122 Å². The molecule has 4 amide bonds. The van der Waals surface area contributed by atoms with Crippen LogP contribution in [0.4, 0.5) is 0 Å². The molecule has 0 bridgehead atoms. The van der Waals surface area contributed by atoms with Crippen LogP contribution in [0.15, 0.2) is 18.2 Å². The van der Waals surface area contributed by atoms with Crippen molar-refractivity contribution >= 4 is 23.6 Å². The van der Waals surface area contributed by atoms with Crippen molar-refractivity contribution in [1.29, 1.82) is 0 Å². The first-order chi connectivity index (χ1) is 13.1. The molecule has 4 atom stereocenters. The number of fused-ring (bicyclic) bond motifs is 1. The molecule has 2 aliphatic rings. The van der Waals surface area contributed by atoms with E-state index in [0.717, 1.165) is 21.6 Å². The smallest absolute Gasteiger partial charge is 0.261 e. The summed E-state index contributed by atoms with van der Waals surface area (Å²) in [5.74, 6) is -2.66. The SMILES string of the molecule is Cc1ccc(C)c(C2C3C(=O)N(C)C(=O)C3ON2CC(=O)N[C@@H](C)C(N)=O)c1. The highest BCUT2D eigenvalue weighted by molar-refractivity contribution is 6.07. The molecule has 2 aliphatic heterocycles. The Morgan fingerprint density at radius 3 is 2.57 bits per heavy atom. The summed E-state index contributed by atoms with van der Waals surface area (Å²) >= 11 is 0. The van der Waals surface area contributed by atoms with Crippen LogP contribution >= 0.6 is 0 Å². The molecule has 3 rings (SSSR count). The number of likely N-dealkylation sites (N-methyl/N-ethyl adjacent to an activating group) is 1. The van der Waals surface area contributed by atoms with Crippen molar-refractivity contribution in [3.8, 4) is 0 Å². The van der Waals surface area contributed by atoms with E-state index in [1.54, 1.807) is 0 Å². The summed E-state index contributed by atoms with van der Waals surface area (Å²) in [7, 11) is 1.43. The van der Waals surface area contributed by atoms with Gasteiger partial charge in [0.2, 0.25) is 17.7 Å². The summed E-state index contributed by atoms with van der Waals surface area (Å²) in [6.07, 6.45) is -0.969. The zero-order valence-electron chi connectivity index (χ0n) is 16.3. The maximum absolute atomic E-state index is 12.7. The summed E-state index contributed by atoms with van der Waals surface area (Å²) in [5.41, 5.74) is 7.91. The molecular weight excluding hydrogens is 364 g/mol. The van der Waals surface area contributed by atoms with Gasteiger partial charge in [-0.25, -0.2) is 0 Å². The Hall–Kier alpha value is -2.78. The van der Waals surface area contributed by atoms with Crippen molar-refractivity contribution in [2.45, 2.75) is 39.0 Å². The molecule has 1 aromatic carbocycles. The van der Waals surface area contributed by atoms with Gasteiger partial charge in [0.1, 0.15) is 12.6 Å². The monoisotopic (exact) mass is 388 g/mol. The molecule has 28 heavy (non-hydrogen) atoms. The number of nitrogens with one attached hydrogen (secondary N) is 1. The quantitative estimate of drug-likeness (QED) is 0.660. The van der Waals surface area contributed by atoms with Crippen LogP contribution in [0.25, 0.3) is 0 Å². The third-order valence-corrected chi connectivity index (χ3v) is 5.27. The number of benzene rings is 1. The number of amides is 4. The predicted octanol–water partition coefficient (Wildman–Crippen LogP) is -0.435. The minimum atomic E-state index is -0.969. The Morgan fingerprint density at radius 2 is 1.93 bits per heavy atom. The largest absolute Gasteiger partial charge is 0.368 e. The number of hydroxylamine groups is 2. The number of carbonyl (C=O) groups excluding carboxylic acids is 4. The van der Waals surface area contributed by atoms with Crippen molar-refractivity contribution in [3.05, 3.63) is 34.9 Å². The molecule has 0 saturated carbocycles. The van der Waals surface area contributed by atoms with E-state index in [1.807, 2.05) is 32.0 Å². The fourth-order valence-corrected chi connectivity index (χ4v) is 3.67. The Morgan fingerprint density at radius 1 is 1.25 bits per heavy atom. The standard InChI is InChI=1S/C19H24N4O5/c1-9-5-6-10(2)12(7-9)15-14-16(19(27)22(4)18(14)26)28-23(15)8-13(24)21-11(3)17(20)25/h5-7,11,14-16H,8H2,1-4H3,(H2,20,25)(H,21,24)/t11-,14?,15?,16?/m0/s1. The third-order valence-electron chi connectivity index (χ3n) is 5.27. The van der Waals surface area contributed by atoms with E-state index in [1.165, 1.54) is 19.0 Å². The van der Waals surface area contributed by atoms with Crippen molar-refractivity contribution in [1.82, 2.24) is 15.3 Å². The van der Waals surface area contributed by atoms with Gasteiger partial charge in [-0.3, -0.25) is 28.9 Å². The van der Waals surface area contributed by atoms with E-state index in [9.17, 15) is 19.2 Å². The molecule has 1 aromatic rings. The fraction of sp³-hybridized carbons (Fsp3) is 0.474. The Bertz CT molecular complexity index is 855. The van der Waals surface area contributed by atoms with Crippen LogP contribution in [0.1, 0.15) is 29.7 Å². The normalized spacial score (nSPS) is 25.7. The second-order valence-corrected chi connectivity index (χ2v) is 7.36. The van der Waals surface area contributed by atoms with Gasteiger partial charge in [-0.15, -0.1) is 0 Å². The molecule has 2 heterocycles. The Balaban J connectivity index is 1.94. The summed E-state index contributed by atoms with van der Waals surface area (Å²) in [4.78, 5) is 55.5. The van der Waals surface area contributed by atoms with E-state index >= 15 is 0 Å². The number of rotatable bonds is 5. The van der Waals surface area contributed by atoms with Gasteiger partial charge < -0.3 is 11.1 Å². The van der Waals surface area contributed by atoms with E-state index in [-0.39, 0.29) is 12.5 Å². The lowest BCUT2D eigenvalue weighted by Crippen LogP contribution is -2.47. The Kier molecular flexibility index (Phi) is 5.22. The van der Waals surface area contributed by atoms with Crippen LogP contribution in [0, 0.1) is 19.8 Å². The molecule has 0 spiro atoms. The molecule has 3 N–H and O–H groups in total. The van der Waals surface area contributed by atoms with Crippen molar-refractivity contribution in [2.24, 2.45) is 11.7 Å². The number of hydrogen-bond acceptors (Lipinski definition) is 6. The van der Waals surface area contributed by atoms with Gasteiger partial charge >= 0.3 is 0 Å². The highest BCUT2D eigenvalue weighted by Gasteiger charge is 2.59. The molecule has 3 unspecified atom stereocenters. The minimum absolute atomic E-state index is 0.243. The number of carbonyl (C=O) groups is 4. The van der Waals surface area contributed by atoms with Crippen LogP contribution in [0.5, 0.6) is 0 Å². The number of imide groups is 1. The third kappa shape index (κ3) is 3.38. The van der Waals surface area contributed by atoms with E-state index in [4.69, 9.17) is 10.6 Å². The van der Waals surface area contributed by atoms with Gasteiger partial charge in [0, 0.05) is 7.05 Å². The first-order valence-electron chi connectivity index (χ1n) is 9.02. The molecule has 2 fully saturated rings. The van der Waals surface area contributed by atoms with Gasteiger partial charge in [-0.1, -0.05) is 23.8 Å². The zero-order valence-corrected chi connectivity index (χ0v) is 16.3. The van der Waals surface area contributed by atoms with Gasteiger partial charge in [-0.05, 0) is 31.9 Å².